The number of amides is 1. The molecule has 1 aliphatic rings. The van der Waals surface area contributed by atoms with Gasteiger partial charge in [0.15, 0.2) is 0 Å². The van der Waals surface area contributed by atoms with E-state index < -0.39 is 5.54 Å². The zero-order valence-electron chi connectivity index (χ0n) is 20.4. The number of piperidine rings is 1. The van der Waals surface area contributed by atoms with Crippen molar-refractivity contribution >= 4 is 28.5 Å². The molecule has 0 aliphatic carbocycles. The quantitative estimate of drug-likeness (QED) is 0.538. The maximum atomic E-state index is 13.4. The number of aromatic nitrogens is 1. The highest BCUT2D eigenvalue weighted by molar-refractivity contribution is 6.30. The fourth-order valence-electron chi connectivity index (χ4n) is 4.47. The molecule has 0 spiro atoms. The number of rotatable bonds is 6. The Bertz CT molecular complexity index is 1260. The van der Waals surface area contributed by atoms with Crippen LogP contribution in [0.4, 0.5) is 4.79 Å². The molecule has 2 heterocycles. The summed E-state index contributed by atoms with van der Waals surface area (Å²) in [6.07, 6.45) is 3.42. The van der Waals surface area contributed by atoms with E-state index in [1.54, 1.807) is 9.47 Å². The van der Waals surface area contributed by atoms with Gasteiger partial charge in [-0.1, -0.05) is 23.7 Å². The summed E-state index contributed by atoms with van der Waals surface area (Å²) in [5.41, 5.74) is 7.78. The number of hydrogen-bond donors (Lipinski definition) is 1. The maximum Gasteiger partial charge on any atom is 0.409 e. The number of nitrogens with two attached hydrogens (primary N) is 1. The van der Waals surface area contributed by atoms with Crippen molar-refractivity contribution in [1.29, 1.82) is 0 Å². The number of likely N-dealkylation sites (tertiary alicyclic amines) is 1. The molecule has 1 aromatic heterocycles. The third kappa shape index (κ3) is 6.16. The number of benzene rings is 2. The molecule has 1 fully saturated rings. The highest BCUT2D eigenvalue weighted by atomic mass is 35.5. The van der Waals surface area contributed by atoms with E-state index in [4.69, 9.17) is 26.8 Å². The van der Waals surface area contributed by atoms with Crippen molar-refractivity contribution in [1.82, 2.24) is 9.47 Å². The minimum absolute atomic E-state index is 0.0620. The smallest absolute Gasteiger partial charge is 0.409 e. The van der Waals surface area contributed by atoms with Crippen molar-refractivity contribution in [3.8, 4) is 5.75 Å². The molecule has 7 nitrogen and oxygen atoms in total. The second-order valence-corrected chi connectivity index (χ2v) is 10.3. The van der Waals surface area contributed by atoms with Crippen molar-refractivity contribution in [2.24, 2.45) is 5.73 Å². The molecule has 0 saturated carbocycles. The molecule has 1 aliphatic heterocycles. The summed E-state index contributed by atoms with van der Waals surface area (Å²) in [4.78, 5) is 26.9. The van der Waals surface area contributed by atoms with Gasteiger partial charge in [0.05, 0.1) is 19.0 Å². The summed E-state index contributed by atoms with van der Waals surface area (Å²) in [7, 11) is 1.39. The molecule has 3 aromatic rings. The lowest BCUT2D eigenvalue weighted by Crippen LogP contribution is -2.42. The number of hydrogen-bond acceptors (Lipinski definition) is 5. The third-order valence-electron chi connectivity index (χ3n) is 6.24. The van der Waals surface area contributed by atoms with Gasteiger partial charge in [0, 0.05) is 42.7 Å². The Morgan fingerprint density at radius 2 is 1.83 bits per heavy atom. The van der Waals surface area contributed by atoms with Crippen molar-refractivity contribution in [3.63, 3.8) is 0 Å². The van der Waals surface area contributed by atoms with E-state index in [0.717, 1.165) is 16.5 Å². The number of fused-ring (bicyclic) bond motifs is 1. The molecule has 0 bridgehead atoms. The first-order chi connectivity index (χ1) is 16.6. The van der Waals surface area contributed by atoms with Gasteiger partial charge in [-0.25, -0.2) is 4.79 Å². The van der Waals surface area contributed by atoms with Gasteiger partial charge in [-0.05, 0) is 67.1 Å². The van der Waals surface area contributed by atoms with Gasteiger partial charge in [-0.2, -0.15) is 0 Å². The number of pyridine rings is 1. The lowest BCUT2D eigenvalue weighted by atomic mass is 9.94. The zero-order valence-corrected chi connectivity index (χ0v) is 21.2. The van der Waals surface area contributed by atoms with Crippen LogP contribution in [0.5, 0.6) is 5.75 Å². The van der Waals surface area contributed by atoms with E-state index >= 15 is 0 Å². The second kappa shape index (κ2) is 10.3. The van der Waals surface area contributed by atoms with Crippen LogP contribution in [0.3, 0.4) is 0 Å². The summed E-state index contributed by atoms with van der Waals surface area (Å²) in [6.45, 7) is 5.53. The second-order valence-electron chi connectivity index (χ2n) is 9.86. The monoisotopic (exact) mass is 497 g/mol. The molecule has 35 heavy (non-hydrogen) atoms. The van der Waals surface area contributed by atoms with E-state index in [-0.39, 0.29) is 17.8 Å². The van der Waals surface area contributed by atoms with Gasteiger partial charge in [-0.15, -0.1) is 0 Å². The number of nitrogens with zero attached hydrogens (tertiary/aromatic N) is 2. The largest absolute Gasteiger partial charge is 0.490 e. The first-order valence-corrected chi connectivity index (χ1v) is 12.2. The average Bonchev–Trinajstić information content (AvgIpc) is 2.82. The van der Waals surface area contributed by atoms with Gasteiger partial charge >= 0.3 is 6.09 Å². The van der Waals surface area contributed by atoms with Crippen LogP contribution in [0.2, 0.25) is 5.02 Å². The predicted octanol–water partition coefficient (Wildman–Crippen LogP) is 4.59. The molecule has 2 N–H and O–H groups in total. The van der Waals surface area contributed by atoms with Gasteiger partial charge in [0.2, 0.25) is 0 Å². The molecule has 8 heteroatoms. The summed E-state index contributed by atoms with van der Waals surface area (Å²) < 4.78 is 12.9. The number of halogens is 1. The van der Waals surface area contributed by atoms with Crippen molar-refractivity contribution < 1.29 is 14.3 Å². The molecule has 4 rings (SSSR count). The Morgan fingerprint density at radius 1 is 1.14 bits per heavy atom. The first kappa shape index (κ1) is 25.1. The molecule has 0 atom stereocenters. The zero-order chi connectivity index (χ0) is 25.2. The molecule has 0 unspecified atom stereocenters. The fourth-order valence-corrected chi connectivity index (χ4v) is 4.60. The molecule has 2 aromatic carbocycles. The third-order valence-corrected chi connectivity index (χ3v) is 6.49. The topological polar surface area (TPSA) is 86.8 Å². The van der Waals surface area contributed by atoms with Crippen LogP contribution in [-0.4, -0.2) is 47.4 Å². The minimum Gasteiger partial charge on any atom is -0.490 e. The lowest BCUT2D eigenvalue weighted by molar-refractivity contribution is 0.0786. The van der Waals surface area contributed by atoms with Crippen LogP contribution in [0.1, 0.15) is 37.8 Å². The average molecular weight is 498 g/mol. The summed E-state index contributed by atoms with van der Waals surface area (Å²) >= 11 is 6.00. The summed E-state index contributed by atoms with van der Waals surface area (Å²) in [5.74, 6) is 0.675. The lowest BCUT2D eigenvalue weighted by Gasteiger charge is -2.32. The van der Waals surface area contributed by atoms with Crippen molar-refractivity contribution in [3.05, 3.63) is 75.2 Å². The van der Waals surface area contributed by atoms with E-state index in [1.807, 2.05) is 62.5 Å². The van der Waals surface area contributed by atoms with E-state index in [1.165, 1.54) is 7.11 Å². The van der Waals surface area contributed by atoms with E-state index in [0.29, 0.717) is 55.1 Å². The standard InChI is InChI=1S/C27H32ClN3O4/c1-27(2,29)16-20-14-19-8-11-31(17-18-4-6-21(28)7-5-18)25(32)23(19)15-24(20)35-22-9-12-30(13-10-22)26(33)34-3/h4-8,11,14-15,22H,9-10,12-13,16-17,29H2,1-3H3. The first-order valence-electron chi connectivity index (χ1n) is 11.8. The Labute approximate surface area is 210 Å². The number of carbonyl (C=O) groups is 1. The van der Waals surface area contributed by atoms with Crippen LogP contribution in [-0.2, 0) is 17.7 Å². The number of carbonyl (C=O) groups excluding carboxylic acids is 1. The summed E-state index contributed by atoms with van der Waals surface area (Å²) in [6, 6.07) is 13.3. The summed E-state index contributed by atoms with van der Waals surface area (Å²) in [5, 5.41) is 2.12. The van der Waals surface area contributed by atoms with Crippen LogP contribution in [0.15, 0.2) is 53.5 Å². The minimum atomic E-state index is -0.441. The van der Waals surface area contributed by atoms with Crippen molar-refractivity contribution in [2.45, 2.75) is 51.3 Å². The fraction of sp³-hybridized carbons (Fsp3) is 0.407. The van der Waals surface area contributed by atoms with E-state index in [2.05, 4.69) is 0 Å². The molecule has 1 amide bonds. The van der Waals surface area contributed by atoms with Crippen LogP contribution < -0.4 is 16.0 Å². The van der Waals surface area contributed by atoms with Gasteiger partial charge < -0.3 is 24.7 Å². The molecule has 0 radical (unpaired) electrons. The molecule has 1 saturated heterocycles. The highest BCUT2D eigenvalue weighted by Crippen LogP contribution is 2.30. The Morgan fingerprint density at radius 3 is 2.46 bits per heavy atom. The van der Waals surface area contributed by atoms with Gasteiger partial charge in [-0.3, -0.25) is 4.79 Å². The normalized spacial score (nSPS) is 14.8. The van der Waals surface area contributed by atoms with Crippen LogP contribution in [0.25, 0.3) is 10.8 Å². The van der Waals surface area contributed by atoms with Crippen LogP contribution >= 0.6 is 11.6 Å². The predicted molar refractivity (Wildman–Crippen MR) is 138 cm³/mol. The number of ether oxygens (including phenoxy) is 2. The Balaban J connectivity index is 1.65. The van der Waals surface area contributed by atoms with Crippen LogP contribution in [0, 0.1) is 0 Å². The van der Waals surface area contributed by atoms with Gasteiger partial charge in [0.1, 0.15) is 11.9 Å². The van der Waals surface area contributed by atoms with Crippen molar-refractivity contribution in [2.75, 3.05) is 20.2 Å². The number of methoxy groups -OCH3 is 1. The SMILES string of the molecule is COC(=O)N1CCC(Oc2cc3c(=O)n(Cc4ccc(Cl)cc4)ccc3cc2CC(C)(C)N)CC1. The van der Waals surface area contributed by atoms with Gasteiger partial charge in [0.25, 0.3) is 5.56 Å². The Kier molecular flexibility index (Phi) is 7.38. The molecule has 186 valence electrons. The Hall–Kier alpha value is -3.03. The van der Waals surface area contributed by atoms with E-state index in [9.17, 15) is 9.59 Å². The highest BCUT2D eigenvalue weighted by Gasteiger charge is 2.26. The molecular formula is C27H32ClN3O4. The maximum absolute atomic E-state index is 13.4. The molecular weight excluding hydrogens is 466 g/mol.